The molecule has 1 aliphatic heterocycles. The Hall–Kier alpha value is -3.09. The molecule has 0 spiro atoms. The van der Waals surface area contributed by atoms with Crippen LogP contribution in [0.25, 0.3) is 10.8 Å². The molecule has 0 bridgehead atoms. The molecular weight excluding hydrogens is 497 g/mol. The Balaban J connectivity index is 1.68. The summed E-state index contributed by atoms with van der Waals surface area (Å²) in [5.41, 5.74) is 1.81. The maximum atomic E-state index is 13.9. The first-order valence-electron chi connectivity index (χ1n) is 12.1. The summed E-state index contributed by atoms with van der Waals surface area (Å²) in [6.07, 6.45) is 1.15. The van der Waals surface area contributed by atoms with Crippen molar-refractivity contribution in [2.75, 3.05) is 11.4 Å². The van der Waals surface area contributed by atoms with Crippen molar-refractivity contribution < 1.29 is 14.4 Å². The fraction of sp³-hybridized carbons (Fsp3) is 0.321. The maximum Gasteiger partial charge on any atom is 0.259 e. The number of amides is 3. The zero-order valence-electron chi connectivity index (χ0n) is 20.6. The highest BCUT2D eigenvalue weighted by Crippen LogP contribution is 2.37. The number of hydrogen-bond acceptors (Lipinski definition) is 3. The van der Waals surface area contributed by atoms with Crippen molar-refractivity contribution in [3.63, 3.8) is 0 Å². The highest BCUT2D eigenvalue weighted by atomic mass is 35.5. The molecule has 0 saturated heterocycles. The van der Waals surface area contributed by atoms with Gasteiger partial charge in [0.25, 0.3) is 5.91 Å². The van der Waals surface area contributed by atoms with Crippen LogP contribution in [0, 0.1) is 0 Å². The molecule has 1 aliphatic rings. The minimum absolute atomic E-state index is 0.0420. The highest BCUT2D eigenvalue weighted by Gasteiger charge is 2.35. The monoisotopic (exact) mass is 525 g/mol. The molecule has 6 nitrogen and oxygen atoms in total. The molecule has 3 amide bonds. The second kappa shape index (κ2) is 10.9. The van der Waals surface area contributed by atoms with Crippen molar-refractivity contribution in [2.45, 2.75) is 52.2 Å². The highest BCUT2D eigenvalue weighted by molar-refractivity contribution is 6.36. The normalized spacial score (nSPS) is 14.1. The van der Waals surface area contributed by atoms with Crippen LogP contribution in [-0.4, -0.2) is 41.2 Å². The smallest absolute Gasteiger partial charge is 0.259 e. The van der Waals surface area contributed by atoms with Gasteiger partial charge in [-0.15, -0.1) is 0 Å². The number of nitrogens with zero attached hydrogens (tertiary/aromatic N) is 2. The molecule has 0 saturated carbocycles. The quantitative estimate of drug-likeness (QED) is 0.382. The van der Waals surface area contributed by atoms with Crippen molar-refractivity contribution in [1.29, 1.82) is 0 Å². The Kier molecular flexibility index (Phi) is 7.86. The van der Waals surface area contributed by atoms with E-state index in [1.807, 2.05) is 51.1 Å². The molecular formula is C28H29Cl2N3O3. The van der Waals surface area contributed by atoms with E-state index in [1.165, 1.54) is 9.80 Å². The molecule has 36 heavy (non-hydrogen) atoms. The predicted octanol–water partition coefficient (Wildman–Crippen LogP) is 5.83. The molecule has 8 heteroatoms. The lowest BCUT2D eigenvalue weighted by molar-refractivity contribution is -0.140. The van der Waals surface area contributed by atoms with Crippen LogP contribution in [0.3, 0.4) is 0 Å². The number of halogens is 2. The summed E-state index contributed by atoms with van der Waals surface area (Å²) in [6, 6.07) is 15.5. The first-order chi connectivity index (χ1) is 17.3. The van der Waals surface area contributed by atoms with Gasteiger partial charge in [-0.1, -0.05) is 67.4 Å². The van der Waals surface area contributed by atoms with Gasteiger partial charge < -0.3 is 10.2 Å². The number of carbonyl (C=O) groups is 3. The van der Waals surface area contributed by atoms with Gasteiger partial charge in [-0.25, -0.2) is 0 Å². The zero-order valence-corrected chi connectivity index (χ0v) is 22.1. The molecule has 0 radical (unpaired) electrons. The zero-order chi connectivity index (χ0) is 26.0. The molecule has 1 heterocycles. The lowest BCUT2D eigenvalue weighted by atomic mass is 10.1. The third kappa shape index (κ3) is 4.93. The van der Waals surface area contributed by atoms with Gasteiger partial charge in [-0.05, 0) is 49.4 Å². The third-order valence-corrected chi connectivity index (χ3v) is 7.43. The Bertz CT molecular complexity index is 1300. The minimum Gasteiger partial charge on any atom is -0.352 e. The van der Waals surface area contributed by atoms with Crippen LogP contribution in [-0.2, 0) is 16.1 Å². The number of anilines is 1. The summed E-state index contributed by atoms with van der Waals surface area (Å²) in [6.45, 7) is 5.59. The van der Waals surface area contributed by atoms with Gasteiger partial charge in [-0.2, -0.15) is 0 Å². The summed E-state index contributed by atoms with van der Waals surface area (Å²) in [4.78, 5) is 43.4. The average molecular weight is 526 g/mol. The Morgan fingerprint density at radius 2 is 1.61 bits per heavy atom. The standard InChI is InChI=1S/C28H29Cl2N3O3/c1-4-17(3)31-27(35)23(5-2)32(15-20-21(29)12-8-13-22(20)30)25(34)16-33-24-14-7-10-18-9-6-11-19(26(18)24)28(33)36/h6-14,17,23H,4-5,15-16H2,1-3H3,(H,31,35)/t17-,23-/m1/s1. The number of rotatable bonds is 9. The molecule has 0 aromatic heterocycles. The van der Waals surface area contributed by atoms with Gasteiger partial charge in [0.1, 0.15) is 12.6 Å². The molecule has 0 unspecified atom stereocenters. The van der Waals surface area contributed by atoms with Gasteiger partial charge in [0, 0.05) is 39.1 Å². The van der Waals surface area contributed by atoms with Crippen LogP contribution < -0.4 is 10.2 Å². The molecule has 4 rings (SSSR count). The van der Waals surface area contributed by atoms with E-state index in [4.69, 9.17) is 23.2 Å². The summed E-state index contributed by atoms with van der Waals surface area (Å²) in [7, 11) is 0. The molecule has 1 N–H and O–H groups in total. The molecule has 3 aromatic carbocycles. The van der Waals surface area contributed by atoms with Crippen molar-refractivity contribution in [3.05, 3.63) is 75.8 Å². The Morgan fingerprint density at radius 3 is 2.25 bits per heavy atom. The topological polar surface area (TPSA) is 69.7 Å². The fourth-order valence-corrected chi connectivity index (χ4v) is 5.09. The molecule has 3 aromatic rings. The van der Waals surface area contributed by atoms with Crippen LogP contribution >= 0.6 is 23.2 Å². The van der Waals surface area contributed by atoms with E-state index in [0.29, 0.717) is 33.3 Å². The predicted molar refractivity (Wildman–Crippen MR) is 145 cm³/mol. The fourth-order valence-electron chi connectivity index (χ4n) is 4.58. The largest absolute Gasteiger partial charge is 0.352 e. The van der Waals surface area contributed by atoms with Gasteiger partial charge >= 0.3 is 0 Å². The van der Waals surface area contributed by atoms with Crippen molar-refractivity contribution in [1.82, 2.24) is 10.2 Å². The first-order valence-corrected chi connectivity index (χ1v) is 12.9. The second-order valence-corrected chi connectivity index (χ2v) is 9.85. The van der Waals surface area contributed by atoms with Crippen LogP contribution in [0.5, 0.6) is 0 Å². The molecule has 0 aliphatic carbocycles. The van der Waals surface area contributed by atoms with Crippen LogP contribution in [0.1, 0.15) is 49.5 Å². The number of nitrogens with one attached hydrogen (secondary N) is 1. The van der Waals surface area contributed by atoms with Gasteiger partial charge in [0.15, 0.2) is 0 Å². The van der Waals surface area contributed by atoms with E-state index in [2.05, 4.69) is 5.32 Å². The van der Waals surface area contributed by atoms with Gasteiger partial charge in [0.2, 0.25) is 11.8 Å². The number of benzene rings is 3. The number of hydrogen-bond donors (Lipinski definition) is 1. The molecule has 0 fully saturated rings. The van der Waals surface area contributed by atoms with E-state index < -0.39 is 6.04 Å². The molecule has 188 valence electrons. The lowest BCUT2D eigenvalue weighted by Crippen LogP contribution is -2.53. The summed E-state index contributed by atoms with van der Waals surface area (Å²) >= 11 is 12.9. The Morgan fingerprint density at radius 1 is 0.972 bits per heavy atom. The summed E-state index contributed by atoms with van der Waals surface area (Å²) in [5, 5.41) is 5.57. The van der Waals surface area contributed by atoms with Gasteiger partial charge in [-0.3, -0.25) is 19.3 Å². The molecule has 2 atom stereocenters. The van der Waals surface area contributed by atoms with E-state index in [9.17, 15) is 14.4 Å². The van der Waals surface area contributed by atoms with Crippen molar-refractivity contribution in [2.24, 2.45) is 0 Å². The van der Waals surface area contributed by atoms with Crippen LogP contribution in [0.2, 0.25) is 10.0 Å². The van der Waals surface area contributed by atoms with E-state index in [0.717, 1.165) is 17.2 Å². The van der Waals surface area contributed by atoms with E-state index in [1.54, 1.807) is 24.3 Å². The first kappa shape index (κ1) is 26.0. The lowest BCUT2D eigenvalue weighted by Gasteiger charge is -2.33. The van der Waals surface area contributed by atoms with Crippen molar-refractivity contribution >= 4 is 57.4 Å². The number of carbonyl (C=O) groups excluding carboxylic acids is 3. The van der Waals surface area contributed by atoms with Crippen LogP contribution in [0.4, 0.5) is 5.69 Å². The SMILES string of the molecule is CC[C@@H](C)NC(=O)[C@@H](CC)N(Cc1c(Cl)cccc1Cl)C(=O)CN1C(=O)c2cccc3cccc1c23. The van der Waals surface area contributed by atoms with Crippen LogP contribution in [0.15, 0.2) is 54.6 Å². The van der Waals surface area contributed by atoms with Crippen molar-refractivity contribution in [3.8, 4) is 0 Å². The minimum atomic E-state index is -0.755. The third-order valence-electron chi connectivity index (χ3n) is 6.72. The van der Waals surface area contributed by atoms with Gasteiger partial charge in [0.05, 0.1) is 5.69 Å². The van der Waals surface area contributed by atoms with E-state index in [-0.39, 0.29) is 36.9 Å². The van der Waals surface area contributed by atoms with E-state index >= 15 is 0 Å². The Labute approximate surface area is 221 Å². The summed E-state index contributed by atoms with van der Waals surface area (Å²) < 4.78 is 0. The second-order valence-electron chi connectivity index (χ2n) is 9.04. The maximum absolute atomic E-state index is 13.9. The average Bonchev–Trinajstić information content (AvgIpc) is 3.13. The summed E-state index contributed by atoms with van der Waals surface area (Å²) in [5.74, 6) is -0.847.